The van der Waals surface area contributed by atoms with Gasteiger partial charge in [0.05, 0.1) is 12.5 Å². The smallest absolute Gasteiger partial charge is 0.224 e. The molecule has 1 aliphatic heterocycles. The van der Waals surface area contributed by atoms with Crippen LogP contribution in [0, 0.1) is 20.8 Å². The Morgan fingerprint density at radius 3 is 2.60 bits per heavy atom. The van der Waals surface area contributed by atoms with E-state index in [4.69, 9.17) is 4.74 Å². The lowest BCUT2D eigenvalue weighted by atomic mass is 9.89. The summed E-state index contributed by atoms with van der Waals surface area (Å²) in [5.74, 6) is 0.935. The van der Waals surface area contributed by atoms with E-state index in [1.165, 1.54) is 11.1 Å². The number of hydrogen-bond donors (Lipinski definition) is 1. The molecule has 0 radical (unpaired) electrons. The largest absolute Gasteiger partial charge is 0.487 e. The summed E-state index contributed by atoms with van der Waals surface area (Å²) in [7, 11) is 0. The Balaban J connectivity index is 1.77. The molecule has 3 nitrogen and oxygen atoms in total. The van der Waals surface area contributed by atoms with Crippen molar-refractivity contribution in [2.45, 2.75) is 59.1 Å². The summed E-state index contributed by atoms with van der Waals surface area (Å²) in [6.45, 7) is 10.4. The summed E-state index contributed by atoms with van der Waals surface area (Å²) in [4.78, 5) is 12.6. The van der Waals surface area contributed by atoms with Crippen molar-refractivity contribution < 1.29 is 9.53 Å². The van der Waals surface area contributed by atoms with Crippen molar-refractivity contribution in [3.8, 4) is 5.75 Å². The van der Waals surface area contributed by atoms with E-state index in [2.05, 4.69) is 70.3 Å². The van der Waals surface area contributed by atoms with Gasteiger partial charge in [0.25, 0.3) is 0 Å². The van der Waals surface area contributed by atoms with Gasteiger partial charge in [0, 0.05) is 12.0 Å². The fourth-order valence-corrected chi connectivity index (χ4v) is 3.43. The lowest BCUT2D eigenvalue weighted by molar-refractivity contribution is -0.121. The molecule has 0 fully saturated rings. The summed E-state index contributed by atoms with van der Waals surface area (Å²) in [6, 6.07) is 12.4. The van der Waals surface area contributed by atoms with Crippen molar-refractivity contribution in [2.24, 2.45) is 0 Å². The first-order valence-corrected chi connectivity index (χ1v) is 8.88. The summed E-state index contributed by atoms with van der Waals surface area (Å²) in [5, 5.41) is 3.21. The number of carbonyl (C=O) groups is 1. The summed E-state index contributed by atoms with van der Waals surface area (Å²) >= 11 is 0. The van der Waals surface area contributed by atoms with Gasteiger partial charge in [-0.15, -0.1) is 0 Å². The molecular formula is C22H27NO2. The van der Waals surface area contributed by atoms with Crippen LogP contribution in [0.2, 0.25) is 0 Å². The zero-order chi connectivity index (χ0) is 18.2. The lowest BCUT2D eigenvalue weighted by Crippen LogP contribution is -2.41. The zero-order valence-electron chi connectivity index (χ0n) is 15.8. The Morgan fingerprint density at radius 2 is 1.88 bits per heavy atom. The van der Waals surface area contributed by atoms with E-state index in [1.807, 2.05) is 6.07 Å². The van der Waals surface area contributed by atoms with Crippen LogP contribution >= 0.6 is 0 Å². The zero-order valence-corrected chi connectivity index (χ0v) is 15.8. The predicted molar refractivity (Wildman–Crippen MR) is 101 cm³/mol. The fraction of sp³-hybridized carbons (Fsp3) is 0.409. The van der Waals surface area contributed by atoms with Crippen LogP contribution in [0.5, 0.6) is 5.75 Å². The maximum absolute atomic E-state index is 12.6. The van der Waals surface area contributed by atoms with Gasteiger partial charge in [-0.25, -0.2) is 0 Å². The summed E-state index contributed by atoms with van der Waals surface area (Å²) < 4.78 is 6.11. The van der Waals surface area contributed by atoms with Crippen LogP contribution in [0.25, 0.3) is 0 Å². The Kier molecular flexibility index (Phi) is 4.59. The third-order valence-corrected chi connectivity index (χ3v) is 4.90. The van der Waals surface area contributed by atoms with Gasteiger partial charge in [0.2, 0.25) is 5.91 Å². The molecule has 3 heteroatoms. The molecule has 2 aromatic carbocycles. The molecule has 1 N–H and O–H groups in total. The number of nitrogens with one attached hydrogen (secondary N) is 1. The van der Waals surface area contributed by atoms with Crippen molar-refractivity contribution in [1.29, 1.82) is 0 Å². The van der Waals surface area contributed by atoms with Gasteiger partial charge in [0.15, 0.2) is 0 Å². The van der Waals surface area contributed by atoms with E-state index in [0.717, 1.165) is 28.9 Å². The maximum atomic E-state index is 12.6. The quantitative estimate of drug-likeness (QED) is 0.891. The second kappa shape index (κ2) is 6.55. The van der Waals surface area contributed by atoms with E-state index in [9.17, 15) is 4.79 Å². The number of hydrogen-bond acceptors (Lipinski definition) is 2. The lowest BCUT2D eigenvalue weighted by Gasteiger charge is -2.38. The first-order valence-electron chi connectivity index (χ1n) is 8.88. The highest BCUT2D eigenvalue weighted by molar-refractivity contribution is 5.79. The van der Waals surface area contributed by atoms with E-state index < -0.39 is 0 Å². The number of amides is 1. The standard InChI is InChI=1S/C22H27NO2/c1-14-6-9-18-19(13-22(4,5)25-20(18)10-14)23-21(24)12-17-8-7-15(2)16(3)11-17/h6-11,19H,12-13H2,1-5H3,(H,23,24)/t19-/m1/s1. The van der Waals surface area contributed by atoms with E-state index in [0.29, 0.717) is 6.42 Å². The Bertz CT molecular complexity index is 808. The molecule has 1 atom stereocenters. The highest BCUT2D eigenvalue weighted by Crippen LogP contribution is 2.39. The van der Waals surface area contributed by atoms with Crippen molar-refractivity contribution >= 4 is 5.91 Å². The third kappa shape index (κ3) is 4.04. The third-order valence-electron chi connectivity index (χ3n) is 4.90. The predicted octanol–water partition coefficient (Wildman–Crippen LogP) is 4.57. The molecule has 0 aromatic heterocycles. The maximum Gasteiger partial charge on any atom is 0.224 e. The highest BCUT2D eigenvalue weighted by atomic mass is 16.5. The van der Waals surface area contributed by atoms with Crippen molar-refractivity contribution in [3.63, 3.8) is 0 Å². The average Bonchev–Trinajstić information content (AvgIpc) is 2.49. The molecular weight excluding hydrogens is 310 g/mol. The summed E-state index contributed by atoms with van der Waals surface area (Å²) in [6.07, 6.45) is 1.17. The van der Waals surface area contributed by atoms with Gasteiger partial charge in [-0.05, 0) is 62.9 Å². The number of benzene rings is 2. The van der Waals surface area contributed by atoms with E-state index in [1.54, 1.807) is 0 Å². The average molecular weight is 337 g/mol. The summed E-state index contributed by atoms with van der Waals surface area (Å²) in [5.41, 5.74) is 5.46. The molecule has 25 heavy (non-hydrogen) atoms. The SMILES string of the molecule is Cc1ccc2c(c1)OC(C)(C)C[C@H]2NC(=O)Cc1ccc(C)c(C)c1. The van der Waals surface area contributed by atoms with Gasteiger partial charge < -0.3 is 10.1 Å². The molecule has 3 rings (SSSR count). The van der Waals surface area contributed by atoms with Crippen molar-refractivity contribution in [3.05, 3.63) is 64.2 Å². The number of rotatable bonds is 3. The first kappa shape index (κ1) is 17.5. The van der Waals surface area contributed by atoms with E-state index in [-0.39, 0.29) is 17.6 Å². The van der Waals surface area contributed by atoms with Crippen LogP contribution in [0.4, 0.5) is 0 Å². The highest BCUT2D eigenvalue weighted by Gasteiger charge is 2.34. The number of ether oxygens (including phenoxy) is 1. The molecule has 0 saturated heterocycles. The fourth-order valence-electron chi connectivity index (χ4n) is 3.43. The first-order chi connectivity index (χ1) is 11.7. The van der Waals surface area contributed by atoms with Gasteiger partial charge in [-0.1, -0.05) is 30.3 Å². The minimum absolute atomic E-state index is 0.0154. The number of aryl methyl sites for hydroxylation is 3. The van der Waals surface area contributed by atoms with Crippen molar-refractivity contribution in [2.75, 3.05) is 0 Å². The van der Waals surface area contributed by atoms with Crippen molar-refractivity contribution in [1.82, 2.24) is 5.32 Å². The Hall–Kier alpha value is -2.29. The minimum atomic E-state index is -0.292. The van der Waals surface area contributed by atoms with Crippen LogP contribution in [0.1, 0.15) is 54.1 Å². The molecule has 0 unspecified atom stereocenters. The minimum Gasteiger partial charge on any atom is -0.487 e. The topological polar surface area (TPSA) is 38.3 Å². The molecule has 0 aliphatic carbocycles. The van der Waals surface area contributed by atoms with Gasteiger partial charge >= 0.3 is 0 Å². The number of fused-ring (bicyclic) bond motifs is 1. The number of carbonyl (C=O) groups excluding carboxylic acids is 1. The van der Waals surface area contributed by atoms with Gasteiger partial charge in [-0.3, -0.25) is 4.79 Å². The monoisotopic (exact) mass is 337 g/mol. The van der Waals surface area contributed by atoms with Gasteiger partial charge in [-0.2, -0.15) is 0 Å². The van der Waals surface area contributed by atoms with Crippen LogP contribution in [0.3, 0.4) is 0 Å². The molecule has 132 valence electrons. The molecule has 0 saturated carbocycles. The molecule has 1 amide bonds. The normalized spacial score (nSPS) is 18.2. The molecule has 1 aliphatic rings. The van der Waals surface area contributed by atoms with Crippen LogP contribution in [-0.4, -0.2) is 11.5 Å². The van der Waals surface area contributed by atoms with Crippen LogP contribution in [-0.2, 0) is 11.2 Å². The van der Waals surface area contributed by atoms with Gasteiger partial charge in [0.1, 0.15) is 11.4 Å². The van der Waals surface area contributed by atoms with Crippen LogP contribution in [0.15, 0.2) is 36.4 Å². The second-order valence-corrected chi connectivity index (χ2v) is 7.82. The molecule has 0 bridgehead atoms. The second-order valence-electron chi connectivity index (χ2n) is 7.82. The molecule has 1 heterocycles. The Labute approximate surface area is 150 Å². The molecule has 0 spiro atoms. The molecule has 2 aromatic rings. The van der Waals surface area contributed by atoms with Crippen LogP contribution < -0.4 is 10.1 Å². The van der Waals surface area contributed by atoms with E-state index >= 15 is 0 Å². The Morgan fingerprint density at radius 1 is 1.12 bits per heavy atom.